The van der Waals surface area contributed by atoms with E-state index in [0.717, 1.165) is 5.56 Å². The fourth-order valence-corrected chi connectivity index (χ4v) is 2.68. The minimum atomic E-state index is -2.87. The Bertz CT molecular complexity index is 1050. The number of alkyl halides is 2. The molecule has 3 aromatic carbocycles. The van der Waals surface area contributed by atoms with Gasteiger partial charge in [-0.2, -0.15) is 14.0 Å². The highest BCUT2D eigenvalue weighted by atomic mass is 19.3. The summed E-state index contributed by atoms with van der Waals surface area (Å²) >= 11 is 0. The van der Waals surface area contributed by atoms with E-state index in [2.05, 4.69) is 10.1 Å². The van der Waals surface area contributed by atoms with E-state index in [-0.39, 0.29) is 11.8 Å². The average Bonchev–Trinajstić information content (AvgIpc) is 2.76. The van der Waals surface area contributed by atoms with E-state index in [9.17, 15) is 13.6 Å². The van der Waals surface area contributed by atoms with E-state index >= 15 is 0 Å². The van der Waals surface area contributed by atoms with Gasteiger partial charge in [-0.15, -0.1) is 0 Å². The second-order valence-electron chi connectivity index (χ2n) is 6.57. The summed E-state index contributed by atoms with van der Waals surface area (Å²) in [7, 11) is 1.63. The maximum absolute atomic E-state index is 12.4. The third-order valence-corrected chi connectivity index (χ3v) is 4.24. The number of carbonyl (C=O) groups is 1. The molecule has 0 saturated heterocycles. The smallest absolute Gasteiger partial charge is 0.387 e. The van der Waals surface area contributed by atoms with Crippen LogP contribution in [0.1, 0.15) is 11.1 Å². The molecular formula is C23H19F2N3O3. The Morgan fingerprint density at radius 2 is 1.52 bits per heavy atom. The van der Waals surface area contributed by atoms with Crippen LogP contribution in [0.5, 0.6) is 17.2 Å². The Morgan fingerprint density at radius 3 is 2.06 bits per heavy atom. The van der Waals surface area contributed by atoms with Gasteiger partial charge in [0.25, 0.3) is 0 Å². The number of hydrogen-bond acceptors (Lipinski definition) is 4. The quantitative estimate of drug-likeness (QED) is 0.536. The van der Waals surface area contributed by atoms with Gasteiger partial charge in [0.1, 0.15) is 17.2 Å². The lowest BCUT2D eigenvalue weighted by Gasteiger charge is -2.18. The van der Waals surface area contributed by atoms with Crippen LogP contribution in [0, 0.1) is 11.3 Å². The van der Waals surface area contributed by atoms with Crippen molar-refractivity contribution < 1.29 is 23.0 Å². The van der Waals surface area contributed by atoms with Crippen LogP contribution in [-0.2, 0) is 6.54 Å². The number of amides is 2. The van der Waals surface area contributed by atoms with E-state index in [1.807, 2.05) is 6.07 Å². The molecule has 0 fully saturated rings. The summed E-state index contributed by atoms with van der Waals surface area (Å²) in [6, 6.07) is 21.4. The average molecular weight is 423 g/mol. The monoisotopic (exact) mass is 423 g/mol. The van der Waals surface area contributed by atoms with Crippen molar-refractivity contribution in [3.8, 4) is 23.3 Å². The highest BCUT2D eigenvalue weighted by Gasteiger charge is 2.11. The molecule has 0 spiro atoms. The number of carbonyl (C=O) groups excluding carboxylic acids is 1. The molecule has 0 atom stereocenters. The maximum Gasteiger partial charge on any atom is 0.387 e. The van der Waals surface area contributed by atoms with Gasteiger partial charge in [-0.05, 0) is 66.2 Å². The summed E-state index contributed by atoms with van der Waals surface area (Å²) in [6.45, 7) is -2.58. The first-order chi connectivity index (χ1) is 14.9. The Balaban J connectivity index is 1.52. The van der Waals surface area contributed by atoms with Crippen molar-refractivity contribution in [3.05, 3.63) is 83.9 Å². The minimum Gasteiger partial charge on any atom is -0.457 e. The molecule has 0 heterocycles. The molecule has 2 amide bonds. The predicted octanol–water partition coefficient (Wildman–Crippen LogP) is 5.62. The molecule has 158 valence electrons. The minimum absolute atomic E-state index is 0.0640. The van der Waals surface area contributed by atoms with Crippen molar-refractivity contribution in [2.45, 2.75) is 13.2 Å². The van der Waals surface area contributed by atoms with E-state index in [1.54, 1.807) is 67.7 Å². The summed E-state index contributed by atoms with van der Waals surface area (Å²) in [6.07, 6.45) is 0. The predicted molar refractivity (Wildman–Crippen MR) is 111 cm³/mol. The molecule has 0 bridgehead atoms. The molecule has 0 unspecified atom stereocenters. The van der Waals surface area contributed by atoms with E-state index in [4.69, 9.17) is 10.00 Å². The summed E-state index contributed by atoms with van der Waals surface area (Å²) < 4.78 is 34.4. The van der Waals surface area contributed by atoms with Crippen LogP contribution in [0.15, 0.2) is 72.8 Å². The maximum atomic E-state index is 12.4. The van der Waals surface area contributed by atoms with Crippen molar-refractivity contribution >= 4 is 11.7 Å². The van der Waals surface area contributed by atoms with Crippen molar-refractivity contribution in [2.75, 3.05) is 12.4 Å². The first-order valence-corrected chi connectivity index (χ1v) is 9.27. The van der Waals surface area contributed by atoms with Gasteiger partial charge in [-0.25, -0.2) is 4.79 Å². The number of hydrogen-bond donors (Lipinski definition) is 1. The van der Waals surface area contributed by atoms with Crippen molar-refractivity contribution in [1.82, 2.24) is 4.90 Å². The third-order valence-electron chi connectivity index (χ3n) is 4.24. The lowest BCUT2D eigenvalue weighted by molar-refractivity contribution is -0.0498. The van der Waals surface area contributed by atoms with Crippen LogP contribution in [0.25, 0.3) is 0 Å². The standard InChI is InChI=1S/C23H19F2N3O3/c1-28(15-17-4-10-21(11-5-17)31-22(24)25)23(29)27-18-6-12-20(13-7-18)30-19-8-2-16(14-26)3-9-19/h2-13,22H,15H2,1H3,(H,27,29). The molecule has 8 heteroatoms. The number of ether oxygens (including phenoxy) is 2. The first kappa shape index (κ1) is 21.6. The van der Waals surface area contributed by atoms with Gasteiger partial charge in [0.15, 0.2) is 0 Å². The van der Waals surface area contributed by atoms with Crippen LogP contribution >= 0.6 is 0 Å². The zero-order valence-electron chi connectivity index (χ0n) is 16.6. The zero-order chi connectivity index (χ0) is 22.2. The highest BCUT2D eigenvalue weighted by Crippen LogP contribution is 2.23. The molecule has 31 heavy (non-hydrogen) atoms. The van der Waals surface area contributed by atoms with Gasteiger partial charge < -0.3 is 19.7 Å². The van der Waals surface area contributed by atoms with Crippen LogP contribution in [0.3, 0.4) is 0 Å². The molecule has 0 saturated carbocycles. The van der Waals surface area contributed by atoms with Crippen molar-refractivity contribution in [1.29, 1.82) is 5.26 Å². The molecule has 1 N–H and O–H groups in total. The van der Waals surface area contributed by atoms with Gasteiger partial charge in [0.05, 0.1) is 11.6 Å². The first-order valence-electron chi connectivity index (χ1n) is 9.27. The summed E-state index contributed by atoms with van der Waals surface area (Å²) in [5.41, 5.74) is 1.90. The van der Waals surface area contributed by atoms with Crippen LogP contribution < -0.4 is 14.8 Å². The molecule has 3 rings (SSSR count). The summed E-state index contributed by atoms with van der Waals surface area (Å²) in [4.78, 5) is 13.9. The topological polar surface area (TPSA) is 74.6 Å². The van der Waals surface area contributed by atoms with Crippen molar-refractivity contribution in [2.24, 2.45) is 0 Å². The number of anilines is 1. The number of nitrogens with one attached hydrogen (secondary N) is 1. The van der Waals surface area contributed by atoms with E-state index < -0.39 is 6.61 Å². The number of urea groups is 1. The second-order valence-corrected chi connectivity index (χ2v) is 6.57. The Kier molecular flexibility index (Phi) is 7.01. The third kappa shape index (κ3) is 6.44. The SMILES string of the molecule is CN(Cc1ccc(OC(F)F)cc1)C(=O)Nc1ccc(Oc2ccc(C#N)cc2)cc1. The summed E-state index contributed by atoms with van der Waals surface area (Å²) in [5.74, 6) is 1.25. The van der Waals surface area contributed by atoms with Gasteiger partial charge in [-0.3, -0.25) is 0 Å². The molecule has 0 radical (unpaired) electrons. The van der Waals surface area contributed by atoms with Gasteiger partial charge >= 0.3 is 12.6 Å². The number of nitrogens with zero attached hydrogens (tertiary/aromatic N) is 2. The number of rotatable bonds is 7. The Morgan fingerprint density at radius 1 is 0.968 bits per heavy atom. The zero-order valence-corrected chi connectivity index (χ0v) is 16.6. The van der Waals surface area contributed by atoms with Crippen LogP contribution in [-0.4, -0.2) is 24.6 Å². The number of nitriles is 1. The molecule has 3 aromatic rings. The van der Waals surface area contributed by atoms with Crippen LogP contribution in [0.4, 0.5) is 19.3 Å². The van der Waals surface area contributed by atoms with E-state index in [1.165, 1.54) is 17.0 Å². The molecule has 0 aliphatic rings. The molecule has 0 aliphatic heterocycles. The summed E-state index contributed by atoms with van der Waals surface area (Å²) in [5, 5.41) is 11.6. The fraction of sp³-hybridized carbons (Fsp3) is 0.130. The largest absolute Gasteiger partial charge is 0.457 e. The van der Waals surface area contributed by atoms with Gasteiger partial charge in [0.2, 0.25) is 0 Å². The highest BCUT2D eigenvalue weighted by molar-refractivity contribution is 5.89. The van der Waals surface area contributed by atoms with E-state index in [0.29, 0.717) is 29.3 Å². The fourth-order valence-electron chi connectivity index (χ4n) is 2.68. The second kappa shape index (κ2) is 10.1. The lowest BCUT2D eigenvalue weighted by Crippen LogP contribution is -2.30. The normalized spacial score (nSPS) is 10.3. The Hall–Kier alpha value is -4.12. The number of halogens is 2. The molecule has 6 nitrogen and oxygen atoms in total. The molecule has 0 aliphatic carbocycles. The lowest BCUT2D eigenvalue weighted by atomic mass is 10.2. The van der Waals surface area contributed by atoms with Crippen LogP contribution in [0.2, 0.25) is 0 Å². The van der Waals surface area contributed by atoms with Gasteiger partial charge in [-0.1, -0.05) is 12.1 Å². The molecular weight excluding hydrogens is 404 g/mol. The van der Waals surface area contributed by atoms with Crippen molar-refractivity contribution in [3.63, 3.8) is 0 Å². The Labute approximate surface area is 178 Å². The number of benzene rings is 3. The molecule has 0 aromatic heterocycles. The van der Waals surface area contributed by atoms with Gasteiger partial charge in [0, 0.05) is 19.3 Å².